The lowest BCUT2D eigenvalue weighted by Crippen LogP contribution is -2.34. The van der Waals surface area contributed by atoms with Crippen LogP contribution in [-0.4, -0.2) is 54.3 Å². The number of nitrogen functional groups attached to an aromatic ring is 1. The van der Waals surface area contributed by atoms with Crippen molar-refractivity contribution in [2.45, 2.75) is 0 Å². The van der Waals surface area contributed by atoms with Gasteiger partial charge in [-0.05, 0) is 0 Å². The Hall–Kier alpha value is -1.94. The first kappa shape index (κ1) is 12.1. The van der Waals surface area contributed by atoms with E-state index in [9.17, 15) is 0 Å². The Bertz CT molecular complexity index is 537. The molecule has 3 N–H and O–H groups in total. The molecule has 0 spiro atoms. The van der Waals surface area contributed by atoms with Crippen molar-refractivity contribution in [3.8, 4) is 5.95 Å². The van der Waals surface area contributed by atoms with Gasteiger partial charge in [0.1, 0.15) is 12.7 Å². The molecule has 10 heteroatoms. The van der Waals surface area contributed by atoms with Crippen molar-refractivity contribution < 1.29 is 0 Å². The van der Waals surface area contributed by atoms with Crippen LogP contribution in [0.4, 0.5) is 11.9 Å². The zero-order valence-corrected chi connectivity index (χ0v) is 10.9. The summed E-state index contributed by atoms with van der Waals surface area (Å²) in [6.45, 7) is 1.82. The molecule has 2 aromatic heterocycles. The minimum Gasteiger partial charge on any atom is -0.339 e. The quantitative estimate of drug-likeness (QED) is 0.556. The second-order valence-electron chi connectivity index (χ2n) is 3.84. The molecule has 3 rings (SSSR count). The topological polar surface area (TPSA) is 111 Å². The van der Waals surface area contributed by atoms with E-state index < -0.39 is 0 Å². The van der Waals surface area contributed by atoms with Crippen molar-refractivity contribution in [3.05, 3.63) is 12.7 Å². The third-order valence-corrected chi connectivity index (χ3v) is 3.60. The Morgan fingerprint density at radius 1 is 1.16 bits per heavy atom. The van der Waals surface area contributed by atoms with Gasteiger partial charge < -0.3 is 4.90 Å². The van der Waals surface area contributed by atoms with Crippen molar-refractivity contribution in [2.24, 2.45) is 5.84 Å². The largest absolute Gasteiger partial charge is 0.339 e. The normalized spacial score (nSPS) is 15.5. The summed E-state index contributed by atoms with van der Waals surface area (Å²) in [6, 6.07) is 0. The van der Waals surface area contributed by atoms with E-state index >= 15 is 0 Å². The number of hydrogen-bond acceptors (Lipinski definition) is 9. The zero-order chi connectivity index (χ0) is 13.1. The maximum absolute atomic E-state index is 5.40. The van der Waals surface area contributed by atoms with Crippen LogP contribution in [0.25, 0.3) is 5.95 Å². The average Bonchev–Trinajstić information content (AvgIpc) is 3.02. The zero-order valence-electron chi connectivity index (χ0n) is 10.1. The second-order valence-corrected chi connectivity index (χ2v) is 5.07. The molecule has 2 aromatic rings. The summed E-state index contributed by atoms with van der Waals surface area (Å²) in [4.78, 5) is 18.8. The van der Waals surface area contributed by atoms with Gasteiger partial charge in [-0.3, -0.25) is 5.43 Å². The van der Waals surface area contributed by atoms with Gasteiger partial charge in [-0.2, -0.15) is 36.5 Å². The summed E-state index contributed by atoms with van der Waals surface area (Å²) in [5, 5.41) is 4.01. The van der Waals surface area contributed by atoms with Crippen LogP contribution in [0, 0.1) is 0 Å². The first-order valence-electron chi connectivity index (χ1n) is 5.77. The number of hydrazine groups is 1. The number of nitrogens with zero attached hydrogens (tertiary/aromatic N) is 7. The summed E-state index contributed by atoms with van der Waals surface area (Å²) in [5.41, 5.74) is 2.45. The molecule has 0 saturated carbocycles. The lowest BCUT2D eigenvalue weighted by molar-refractivity contribution is 0.759. The summed E-state index contributed by atoms with van der Waals surface area (Å²) in [6.07, 6.45) is 2.96. The Kier molecular flexibility index (Phi) is 3.42. The SMILES string of the molecule is NNc1nc(N2CCSCC2)nc(-n2cncn2)n1. The van der Waals surface area contributed by atoms with Crippen LogP contribution in [0.15, 0.2) is 12.7 Å². The van der Waals surface area contributed by atoms with Crippen molar-refractivity contribution in [1.29, 1.82) is 0 Å². The van der Waals surface area contributed by atoms with Crippen LogP contribution in [0.1, 0.15) is 0 Å². The number of aromatic nitrogens is 6. The minimum atomic E-state index is 0.314. The average molecular weight is 279 g/mol. The van der Waals surface area contributed by atoms with Gasteiger partial charge in [-0.25, -0.2) is 10.8 Å². The van der Waals surface area contributed by atoms with Crippen molar-refractivity contribution in [3.63, 3.8) is 0 Å². The number of nitrogens with two attached hydrogens (primary N) is 1. The highest BCUT2D eigenvalue weighted by Gasteiger charge is 2.17. The summed E-state index contributed by atoms with van der Waals surface area (Å²) in [7, 11) is 0. The molecule has 3 heterocycles. The number of hydrogen-bond donors (Lipinski definition) is 2. The summed E-state index contributed by atoms with van der Waals surface area (Å²) in [5.74, 6) is 8.85. The molecule has 1 aliphatic heterocycles. The van der Waals surface area contributed by atoms with Crippen LogP contribution in [0.3, 0.4) is 0 Å². The first-order chi connectivity index (χ1) is 9.36. The van der Waals surface area contributed by atoms with E-state index in [0.717, 1.165) is 24.6 Å². The van der Waals surface area contributed by atoms with Gasteiger partial charge in [0.15, 0.2) is 0 Å². The fraction of sp³-hybridized carbons (Fsp3) is 0.444. The van der Waals surface area contributed by atoms with Gasteiger partial charge >= 0.3 is 0 Å². The van der Waals surface area contributed by atoms with Gasteiger partial charge in [-0.1, -0.05) is 0 Å². The van der Waals surface area contributed by atoms with E-state index in [1.165, 1.54) is 17.3 Å². The number of anilines is 2. The molecular formula is C9H13N9S. The van der Waals surface area contributed by atoms with E-state index in [1.54, 1.807) is 0 Å². The van der Waals surface area contributed by atoms with E-state index in [4.69, 9.17) is 5.84 Å². The molecule has 0 bridgehead atoms. The summed E-state index contributed by atoms with van der Waals surface area (Å²) < 4.78 is 1.48. The third-order valence-electron chi connectivity index (χ3n) is 2.66. The monoisotopic (exact) mass is 279 g/mol. The summed E-state index contributed by atoms with van der Waals surface area (Å²) >= 11 is 1.92. The van der Waals surface area contributed by atoms with Crippen LogP contribution in [-0.2, 0) is 0 Å². The number of nitrogens with one attached hydrogen (secondary N) is 1. The van der Waals surface area contributed by atoms with Gasteiger partial charge in [-0.15, -0.1) is 0 Å². The fourth-order valence-corrected chi connectivity index (χ4v) is 2.64. The number of thioether (sulfide) groups is 1. The Morgan fingerprint density at radius 3 is 2.63 bits per heavy atom. The molecule has 1 aliphatic rings. The minimum absolute atomic E-state index is 0.314. The van der Waals surface area contributed by atoms with E-state index in [2.05, 4.69) is 35.4 Å². The lowest BCUT2D eigenvalue weighted by atomic mass is 10.5. The molecule has 0 atom stereocenters. The molecule has 0 amide bonds. The third kappa shape index (κ3) is 2.58. The van der Waals surface area contributed by atoms with E-state index in [-0.39, 0.29) is 0 Å². The Morgan fingerprint density at radius 2 is 1.95 bits per heavy atom. The van der Waals surface area contributed by atoms with E-state index in [1.807, 2.05) is 11.8 Å². The number of rotatable bonds is 3. The predicted molar refractivity (Wildman–Crippen MR) is 72.1 cm³/mol. The highest BCUT2D eigenvalue weighted by atomic mass is 32.2. The fourth-order valence-electron chi connectivity index (χ4n) is 1.74. The molecular weight excluding hydrogens is 266 g/mol. The van der Waals surface area contributed by atoms with Crippen LogP contribution < -0.4 is 16.2 Å². The molecule has 9 nitrogen and oxygen atoms in total. The van der Waals surface area contributed by atoms with Crippen molar-refractivity contribution in [1.82, 2.24) is 29.7 Å². The second kappa shape index (κ2) is 5.36. The van der Waals surface area contributed by atoms with Crippen molar-refractivity contribution in [2.75, 3.05) is 34.9 Å². The van der Waals surface area contributed by atoms with Crippen molar-refractivity contribution >= 4 is 23.7 Å². The highest BCUT2D eigenvalue weighted by molar-refractivity contribution is 7.99. The smallest absolute Gasteiger partial charge is 0.258 e. The molecule has 0 radical (unpaired) electrons. The lowest BCUT2D eigenvalue weighted by Gasteiger charge is -2.26. The predicted octanol–water partition coefficient (Wildman–Crippen LogP) is -0.709. The molecule has 19 heavy (non-hydrogen) atoms. The van der Waals surface area contributed by atoms with Gasteiger partial charge in [0.2, 0.25) is 11.9 Å². The molecule has 0 unspecified atom stereocenters. The van der Waals surface area contributed by atoms with Gasteiger partial charge in [0.05, 0.1) is 0 Å². The van der Waals surface area contributed by atoms with Crippen LogP contribution in [0.2, 0.25) is 0 Å². The highest BCUT2D eigenvalue weighted by Crippen LogP contribution is 2.17. The van der Waals surface area contributed by atoms with E-state index in [0.29, 0.717) is 17.8 Å². The molecule has 1 fully saturated rings. The maximum atomic E-state index is 5.40. The molecule has 1 saturated heterocycles. The molecule has 0 aromatic carbocycles. The Balaban J connectivity index is 1.97. The van der Waals surface area contributed by atoms with Crippen LogP contribution >= 0.6 is 11.8 Å². The van der Waals surface area contributed by atoms with Crippen LogP contribution in [0.5, 0.6) is 0 Å². The molecule has 100 valence electrons. The van der Waals surface area contributed by atoms with Gasteiger partial charge in [0, 0.05) is 24.6 Å². The standard InChI is InChI=1S/C9H13N9S/c10-16-7-13-8(17-1-3-19-4-2-17)15-9(14-7)18-6-11-5-12-18/h5-6H,1-4,10H2,(H,13,14,15,16). The maximum Gasteiger partial charge on any atom is 0.258 e. The molecule has 0 aliphatic carbocycles. The van der Waals surface area contributed by atoms with Gasteiger partial charge in [0.25, 0.3) is 5.95 Å². The first-order valence-corrected chi connectivity index (χ1v) is 6.92. The Labute approximate surface area is 113 Å².